The van der Waals surface area contributed by atoms with Gasteiger partial charge < -0.3 is 4.90 Å². The van der Waals surface area contributed by atoms with Crippen LogP contribution in [0.25, 0.3) is 0 Å². The number of amides is 1. The minimum absolute atomic E-state index is 0.233. The molecular formula is C12H23NOS. The quantitative estimate of drug-likeness (QED) is 0.689. The van der Waals surface area contributed by atoms with E-state index >= 15 is 0 Å². The van der Waals surface area contributed by atoms with E-state index in [4.69, 9.17) is 0 Å². The van der Waals surface area contributed by atoms with Crippen LogP contribution in [0.3, 0.4) is 0 Å². The van der Waals surface area contributed by atoms with Crippen molar-refractivity contribution in [1.29, 1.82) is 0 Å². The van der Waals surface area contributed by atoms with Crippen LogP contribution in [0.5, 0.6) is 0 Å². The Morgan fingerprint density at radius 1 is 1.40 bits per heavy atom. The maximum Gasteiger partial charge on any atom is 0.228 e. The monoisotopic (exact) mass is 229 g/mol. The lowest BCUT2D eigenvalue weighted by molar-refractivity contribution is -0.139. The molecule has 0 spiro atoms. The minimum Gasteiger partial charge on any atom is -0.340 e. The molecule has 15 heavy (non-hydrogen) atoms. The van der Waals surface area contributed by atoms with Crippen LogP contribution in [0.4, 0.5) is 0 Å². The third kappa shape index (κ3) is 3.40. The van der Waals surface area contributed by atoms with Crippen molar-refractivity contribution in [2.75, 3.05) is 18.8 Å². The predicted octanol–water partition coefficient (Wildman–Crippen LogP) is 2.63. The van der Waals surface area contributed by atoms with E-state index in [2.05, 4.69) is 13.8 Å². The summed E-state index contributed by atoms with van der Waals surface area (Å²) in [5, 5.41) is 0.616. The van der Waals surface area contributed by atoms with Gasteiger partial charge in [0.1, 0.15) is 0 Å². The lowest BCUT2D eigenvalue weighted by Crippen LogP contribution is -2.47. The number of thioether (sulfide) groups is 1. The highest BCUT2D eigenvalue weighted by molar-refractivity contribution is 8.00. The van der Waals surface area contributed by atoms with Gasteiger partial charge in [0.15, 0.2) is 0 Å². The van der Waals surface area contributed by atoms with E-state index in [0.717, 1.165) is 18.8 Å². The molecule has 1 atom stereocenters. The topological polar surface area (TPSA) is 20.3 Å². The highest BCUT2D eigenvalue weighted by Gasteiger charge is 2.31. The molecule has 1 heterocycles. The van der Waals surface area contributed by atoms with E-state index in [1.54, 1.807) is 0 Å². The second-order valence-corrected chi connectivity index (χ2v) is 7.00. The van der Waals surface area contributed by atoms with Gasteiger partial charge in [-0.3, -0.25) is 4.79 Å². The largest absolute Gasteiger partial charge is 0.340 e. The summed E-state index contributed by atoms with van der Waals surface area (Å²) in [6.45, 7) is 12.3. The molecule has 88 valence electrons. The Morgan fingerprint density at radius 2 is 2.00 bits per heavy atom. The summed E-state index contributed by atoms with van der Waals surface area (Å²) >= 11 is 2.01. The van der Waals surface area contributed by atoms with Crippen molar-refractivity contribution in [2.45, 2.75) is 39.9 Å². The fourth-order valence-corrected chi connectivity index (χ4v) is 3.04. The molecule has 0 radical (unpaired) electrons. The zero-order chi connectivity index (χ0) is 11.6. The van der Waals surface area contributed by atoms with Crippen LogP contribution < -0.4 is 0 Å². The van der Waals surface area contributed by atoms with Crippen molar-refractivity contribution >= 4 is 17.7 Å². The fourth-order valence-electron chi connectivity index (χ4n) is 1.74. The van der Waals surface area contributed by atoms with Gasteiger partial charge in [0.2, 0.25) is 5.91 Å². The van der Waals surface area contributed by atoms with E-state index in [9.17, 15) is 4.79 Å². The van der Waals surface area contributed by atoms with Gasteiger partial charge in [-0.05, 0) is 5.92 Å². The van der Waals surface area contributed by atoms with E-state index in [0.29, 0.717) is 17.1 Å². The van der Waals surface area contributed by atoms with Gasteiger partial charge in [0.25, 0.3) is 0 Å². The summed E-state index contributed by atoms with van der Waals surface area (Å²) in [7, 11) is 0. The first kappa shape index (κ1) is 12.9. The molecule has 1 rings (SSSR count). The number of nitrogens with zero attached hydrogens (tertiary/aromatic N) is 1. The second-order valence-electron chi connectivity index (χ2n) is 5.65. The molecule has 0 aromatic rings. The maximum absolute atomic E-state index is 12.1. The number of hydrogen-bond donors (Lipinski definition) is 0. The number of carbonyl (C=O) groups excluding carboxylic acids is 1. The molecule has 0 N–H and O–H groups in total. The molecule has 1 unspecified atom stereocenters. The van der Waals surface area contributed by atoms with Gasteiger partial charge in [0.05, 0.1) is 0 Å². The molecule has 1 aliphatic heterocycles. The summed E-state index contributed by atoms with van der Waals surface area (Å²) < 4.78 is 0. The summed E-state index contributed by atoms with van der Waals surface area (Å²) in [4.78, 5) is 14.1. The summed E-state index contributed by atoms with van der Waals surface area (Å²) in [5.74, 6) is 2.05. The molecule has 0 bridgehead atoms. The first-order valence-corrected chi connectivity index (χ1v) is 6.78. The van der Waals surface area contributed by atoms with E-state index in [1.807, 2.05) is 37.4 Å². The second kappa shape index (κ2) is 4.77. The Labute approximate surface area is 97.8 Å². The molecule has 0 aliphatic carbocycles. The molecular weight excluding hydrogens is 206 g/mol. The predicted molar refractivity (Wildman–Crippen MR) is 67.1 cm³/mol. The first-order valence-electron chi connectivity index (χ1n) is 5.73. The molecule has 1 amide bonds. The van der Waals surface area contributed by atoms with Crippen molar-refractivity contribution in [1.82, 2.24) is 4.90 Å². The number of carbonyl (C=O) groups is 1. The van der Waals surface area contributed by atoms with Gasteiger partial charge in [-0.1, -0.05) is 34.6 Å². The average molecular weight is 229 g/mol. The van der Waals surface area contributed by atoms with Crippen molar-refractivity contribution in [3.63, 3.8) is 0 Å². The summed E-state index contributed by atoms with van der Waals surface area (Å²) in [6.07, 6.45) is 0. The Bertz CT molecular complexity index is 232. The minimum atomic E-state index is -0.233. The highest BCUT2D eigenvalue weighted by Crippen LogP contribution is 2.27. The molecule has 3 heteroatoms. The van der Waals surface area contributed by atoms with Crippen molar-refractivity contribution < 1.29 is 4.79 Å². The van der Waals surface area contributed by atoms with Crippen LogP contribution in [0, 0.1) is 11.3 Å². The molecule has 0 aromatic carbocycles. The van der Waals surface area contributed by atoms with E-state index in [1.165, 1.54) is 0 Å². The van der Waals surface area contributed by atoms with Crippen LogP contribution in [0.15, 0.2) is 0 Å². The fraction of sp³-hybridized carbons (Fsp3) is 0.917. The molecule has 1 aliphatic rings. The third-order valence-corrected chi connectivity index (χ3v) is 4.31. The van der Waals surface area contributed by atoms with Crippen LogP contribution in [0.2, 0.25) is 0 Å². The van der Waals surface area contributed by atoms with Gasteiger partial charge in [-0.15, -0.1) is 0 Å². The zero-order valence-electron chi connectivity index (χ0n) is 10.5. The standard InChI is InChI=1S/C12H23NOS/c1-9(2)10-8-13(6-7-15-10)11(14)12(3,4)5/h9-10H,6-8H2,1-5H3. The Morgan fingerprint density at radius 3 is 2.47 bits per heavy atom. The smallest absolute Gasteiger partial charge is 0.228 e. The van der Waals surface area contributed by atoms with Crippen molar-refractivity contribution in [3.05, 3.63) is 0 Å². The lowest BCUT2D eigenvalue weighted by Gasteiger charge is -2.37. The lowest BCUT2D eigenvalue weighted by atomic mass is 9.94. The van der Waals surface area contributed by atoms with Crippen LogP contribution >= 0.6 is 11.8 Å². The number of rotatable bonds is 1. The Kier molecular flexibility index (Phi) is 4.10. The SMILES string of the molecule is CC(C)C1CN(C(=O)C(C)(C)C)CCS1. The van der Waals surface area contributed by atoms with Gasteiger partial charge in [-0.25, -0.2) is 0 Å². The molecule has 1 saturated heterocycles. The van der Waals surface area contributed by atoms with Crippen LogP contribution in [-0.2, 0) is 4.79 Å². The normalized spacial score (nSPS) is 23.3. The van der Waals surface area contributed by atoms with E-state index in [-0.39, 0.29) is 5.41 Å². The summed E-state index contributed by atoms with van der Waals surface area (Å²) in [5.41, 5.74) is -0.233. The highest BCUT2D eigenvalue weighted by atomic mass is 32.2. The molecule has 0 saturated carbocycles. The van der Waals surface area contributed by atoms with Crippen molar-refractivity contribution in [2.24, 2.45) is 11.3 Å². The number of hydrogen-bond acceptors (Lipinski definition) is 2. The Balaban J connectivity index is 2.60. The third-order valence-electron chi connectivity index (χ3n) is 2.77. The van der Waals surface area contributed by atoms with Gasteiger partial charge in [0, 0.05) is 29.5 Å². The van der Waals surface area contributed by atoms with Crippen molar-refractivity contribution in [3.8, 4) is 0 Å². The molecule has 0 aromatic heterocycles. The van der Waals surface area contributed by atoms with Gasteiger partial charge in [-0.2, -0.15) is 11.8 Å². The first-order chi connectivity index (χ1) is 6.82. The van der Waals surface area contributed by atoms with Crippen LogP contribution in [-0.4, -0.2) is 34.9 Å². The van der Waals surface area contributed by atoms with E-state index < -0.39 is 0 Å². The van der Waals surface area contributed by atoms with Gasteiger partial charge >= 0.3 is 0 Å². The molecule has 2 nitrogen and oxygen atoms in total. The van der Waals surface area contributed by atoms with Crippen LogP contribution in [0.1, 0.15) is 34.6 Å². The zero-order valence-corrected chi connectivity index (χ0v) is 11.4. The Hall–Kier alpha value is -0.180. The average Bonchev–Trinajstić information content (AvgIpc) is 2.15. The maximum atomic E-state index is 12.1. The molecule has 1 fully saturated rings. The summed E-state index contributed by atoms with van der Waals surface area (Å²) in [6, 6.07) is 0.